The lowest BCUT2D eigenvalue weighted by atomic mass is 10.0. The predicted molar refractivity (Wildman–Crippen MR) is 133 cm³/mol. The highest BCUT2D eigenvalue weighted by Gasteiger charge is 2.21. The van der Waals surface area contributed by atoms with Gasteiger partial charge in [0.1, 0.15) is 11.5 Å². The predicted octanol–water partition coefficient (Wildman–Crippen LogP) is 2.88. The van der Waals surface area contributed by atoms with Crippen molar-refractivity contribution in [3.8, 4) is 11.5 Å². The second-order valence-electron chi connectivity index (χ2n) is 8.61. The maximum Gasteiger partial charge on any atom is 0.315 e. The van der Waals surface area contributed by atoms with Crippen LogP contribution < -0.4 is 20.1 Å². The fraction of sp³-hybridized carbons (Fsp3) is 0.458. The van der Waals surface area contributed by atoms with Crippen LogP contribution in [0.3, 0.4) is 0 Å². The molecule has 0 radical (unpaired) electrons. The Hall–Kier alpha value is -2.82. The number of amides is 2. The quantitative estimate of drug-likeness (QED) is 0.407. The summed E-state index contributed by atoms with van der Waals surface area (Å²) in [5.74, 6) is 1.32. The maximum absolute atomic E-state index is 12.0. The molecule has 2 aromatic rings. The largest absolute Gasteiger partial charge is 0.457 e. The summed E-state index contributed by atoms with van der Waals surface area (Å²) in [6.07, 6.45) is 2.99. The van der Waals surface area contributed by atoms with Gasteiger partial charge in [-0.15, -0.1) is 0 Å². The number of anilines is 1. The molecule has 1 saturated heterocycles. The average molecular weight is 491 g/mol. The molecule has 0 aromatic heterocycles. The minimum absolute atomic E-state index is 0.143. The number of benzene rings is 2. The highest BCUT2D eigenvalue weighted by molar-refractivity contribution is 7.92. The van der Waals surface area contributed by atoms with Crippen LogP contribution in [0.4, 0.5) is 10.5 Å². The number of aliphatic hydroxyl groups excluding tert-OH is 1. The third-order valence-electron chi connectivity index (χ3n) is 5.62. The van der Waals surface area contributed by atoms with Gasteiger partial charge in [-0.2, -0.15) is 0 Å². The van der Waals surface area contributed by atoms with Crippen molar-refractivity contribution >= 4 is 21.7 Å². The molecular formula is C24H34N4O5S. The van der Waals surface area contributed by atoms with Crippen LogP contribution in [0.25, 0.3) is 0 Å². The molecule has 3 rings (SSSR count). The van der Waals surface area contributed by atoms with Crippen LogP contribution in [0.15, 0.2) is 48.5 Å². The van der Waals surface area contributed by atoms with Crippen LogP contribution in [0.1, 0.15) is 31.7 Å². The molecule has 0 aliphatic carbocycles. The molecule has 0 spiro atoms. The first-order chi connectivity index (χ1) is 16.2. The molecule has 1 unspecified atom stereocenters. The summed E-state index contributed by atoms with van der Waals surface area (Å²) >= 11 is 0. The van der Waals surface area contributed by atoms with E-state index in [1.165, 1.54) is 5.56 Å². The smallest absolute Gasteiger partial charge is 0.315 e. The Bertz CT molecular complexity index is 1020. The number of likely N-dealkylation sites (tertiary alicyclic amines) is 1. The highest BCUT2D eigenvalue weighted by atomic mass is 32.2. The molecular weight excluding hydrogens is 456 g/mol. The lowest BCUT2D eigenvalue weighted by Crippen LogP contribution is -2.48. The van der Waals surface area contributed by atoms with Gasteiger partial charge in [-0.3, -0.25) is 9.62 Å². The van der Waals surface area contributed by atoms with E-state index in [1.54, 1.807) is 24.3 Å². The zero-order valence-electron chi connectivity index (χ0n) is 19.7. The number of carbonyl (C=O) groups is 1. The standard InChI is InChI=1S/C24H34N4O5S/c1-3-21(29)16-25-24(30)26-19-12-14-28(15-13-19)17-18-4-8-22(9-5-18)33-23-10-6-20(7-11-23)27-34(2,31)32/h4-11,19,21,27,29H,3,12-17H2,1-2H3,(H2,25,26,30). The van der Waals surface area contributed by atoms with Gasteiger partial charge in [0.2, 0.25) is 10.0 Å². The molecule has 1 aliphatic rings. The van der Waals surface area contributed by atoms with E-state index in [1.807, 2.05) is 31.2 Å². The van der Waals surface area contributed by atoms with Crippen LogP contribution >= 0.6 is 0 Å². The Balaban J connectivity index is 1.41. The number of piperidine rings is 1. The monoisotopic (exact) mass is 490 g/mol. The van der Waals surface area contributed by atoms with Crippen LogP contribution in [-0.2, 0) is 16.6 Å². The lowest BCUT2D eigenvalue weighted by Gasteiger charge is -2.32. The number of nitrogens with zero attached hydrogens (tertiary/aromatic N) is 1. The van der Waals surface area contributed by atoms with Gasteiger partial charge in [-0.1, -0.05) is 19.1 Å². The number of urea groups is 1. The molecule has 2 amide bonds. The van der Waals surface area contributed by atoms with Crippen LogP contribution in [-0.4, -0.2) is 62.5 Å². The number of ether oxygens (including phenoxy) is 1. The molecule has 1 heterocycles. The summed E-state index contributed by atoms with van der Waals surface area (Å²) in [6, 6.07) is 14.6. The molecule has 0 saturated carbocycles. The van der Waals surface area contributed by atoms with Crippen LogP contribution in [0.2, 0.25) is 0 Å². The Kier molecular flexibility index (Phi) is 9.14. The van der Waals surface area contributed by atoms with Gasteiger partial charge >= 0.3 is 6.03 Å². The van der Waals surface area contributed by atoms with E-state index in [0.717, 1.165) is 38.7 Å². The number of hydrogen-bond acceptors (Lipinski definition) is 6. The molecule has 1 aliphatic heterocycles. The topological polar surface area (TPSA) is 120 Å². The summed E-state index contributed by atoms with van der Waals surface area (Å²) in [4.78, 5) is 14.3. The second-order valence-corrected chi connectivity index (χ2v) is 10.4. The second kappa shape index (κ2) is 12.0. The third-order valence-corrected chi connectivity index (χ3v) is 6.22. The van der Waals surface area contributed by atoms with Crippen molar-refractivity contribution in [2.45, 2.75) is 44.9 Å². The average Bonchev–Trinajstić information content (AvgIpc) is 2.80. The Morgan fingerprint density at radius 1 is 1.09 bits per heavy atom. The molecule has 2 aromatic carbocycles. The summed E-state index contributed by atoms with van der Waals surface area (Å²) in [5, 5.41) is 15.2. The van der Waals surface area contributed by atoms with Crippen molar-refractivity contribution in [3.63, 3.8) is 0 Å². The number of nitrogens with one attached hydrogen (secondary N) is 3. The van der Waals surface area contributed by atoms with Crippen molar-refractivity contribution in [2.75, 3.05) is 30.6 Å². The van der Waals surface area contributed by atoms with Gasteiger partial charge in [-0.05, 0) is 61.2 Å². The van der Waals surface area contributed by atoms with E-state index in [0.29, 0.717) is 23.6 Å². The van der Waals surface area contributed by atoms with Crippen LogP contribution in [0.5, 0.6) is 11.5 Å². The van der Waals surface area contributed by atoms with Gasteiger partial charge in [0, 0.05) is 37.9 Å². The van der Waals surface area contributed by atoms with E-state index in [-0.39, 0.29) is 18.6 Å². The third kappa shape index (κ3) is 8.85. The van der Waals surface area contributed by atoms with E-state index >= 15 is 0 Å². The highest BCUT2D eigenvalue weighted by Crippen LogP contribution is 2.24. The summed E-state index contributed by atoms with van der Waals surface area (Å²) in [7, 11) is -3.31. The van der Waals surface area contributed by atoms with Crippen LogP contribution in [0, 0.1) is 0 Å². The zero-order valence-corrected chi connectivity index (χ0v) is 20.5. The zero-order chi connectivity index (χ0) is 24.6. The number of sulfonamides is 1. The van der Waals surface area contributed by atoms with Gasteiger partial charge < -0.3 is 20.5 Å². The first-order valence-electron chi connectivity index (χ1n) is 11.5. The van der Waals surface area contributed by atoms with Gasteiger partial charge in [0.25, 0.3) is 0 Å². The summed E-state index contributed by atoms with van der Waals surface area (Å²) < 4.78 is 30.9. The normalized spacial score (nSPS) is 16.0. The molecule has 34 heavy (non-hydrogen) atoms. The molecule has 0 bridgehead atoms. The maximum atomic E-state index is 12.0. The molecule has 9 nitrogen and oxygen atoms in total. The molecule has 1 atom stereocenters. The lowest BCUT2D eigenvalue weighted by molar-refractivity contribution is 0.162. The molecule has 1 fully saturated rings. The number of rotatable bonds is 10. The first-order valence-corrected chi connectivity index (χ1v) is 13.4. The van der Waals surface area contributed by atoms with Gasteiger partial charge in [-0.25, -0.2) is 13.2 Å². The van der Waals surface area contributed by atoms with Crippen molar-refractivity contribution in [1.29, 1.82) is 0 Å². The summed E-state index contributed by atoms with van der Waals surface area (Å²) in [6.45, 7) is 4.77. The fourth-order valence-electron chi connectivity index (χ4n) is 3.69. The minimum Gasteiger partial charge on any atom is -0.457 e. The van der Waals surface area contributed by atoms with Gasteiger partial charge in [0.05, 0.1) is 12.4 Å². The first kappa shape index (κ1) is 25.8. The van der Waals surface area contributed by atoms with Gasteiger partial charge in [0.15, 0.2) is 0 Å². The Morgan fingerprint density at radius 3 is 2.24 bits per heavy atom. The van der Waals surface area contributed by atoms with Crippen molar-refractivity contribution in [2.24, 2.45) is 0 Å². The SMILES string of the molecule is CCC(O)CNC(=O)NC1CCN(Cc2ccc(Oc3ccc(NS(C)(=O)=O)cc3)cc2)CC1. The number of hydrogen-bond donors (Lipinski definition) is 4. The number of carbonyl (C=O) groups excluding carboxylic acids is 1. The minimum atomic E-state index is -3.31. The summed E-state index contributed by atoms with van der Waals surface area (Å²) in [5.41, 5.74) is 1.66. The van der Waals surface area contributed by atoms with Crippen molar-refractivity contribution in [3.05, 3.63) is 54.1 Å². The van der Waals surface area contributed by atoms with E-state index < -0.39 is 16.1 Å². The van der Waals surface area contributed by atoms with E-state index in [2.05, 4.69) is 20.3 Å². The Morgan fingerprint density at radius 2 is 1.68 bits per heavy atom. The van der Waals surface area contributed by atoms with E-state index in [9.17, 15) is 18.3 Å². The van der Waals surface area contributed by atoms with E-state index in [4.69, 9.17) is 4.74 Å². The van der Waals surface area contributed by atoms with Crippen molar-refractivity contribution < 1.29 is 23.1 Å². The molecule has 10 heteroatoms. The van der Waals surface area contributed by atoms with Crippen molar-refractivity contribution in [1.82, 2.24) is 15.5 Å². The molecule has 4 N–H and O–H groups in total. The number of aliphatic hydroxyl groups is 1. The Labute approximate surface area is 201 Å². The fourth-order valence-corrected chi connectivity index (χ4v) is 4.25. The molecule has 186 valence electrons.